The lowest BCUT2D eigenvalue weighted by Crippen LogP contribution is -2.48. The third-order valence-corrected chi connectivity index (χ3v) is 9.13. The SMILES string of the molecule is CCCCCCCCC/C=C/C(O)C(CO)NC(=O)C(O)CCCCCCCCCCCCCCCCCCCCCCC. The first-order valence-electron chi connectivity index (χ1n) is 19.5. The first kappa shape index (κ1) is 43.1. The average Bonchev–Trinajstić information content (AvgIpc) is 3.03. The Morgan fingerprint density at radius 1 is 0.545 bits per heavy atom. The molecule has 0 aromatic heterocycles. The van der Waals surface area contributed by atoms with Crippen molar-refractivity contribution in [1.82, 2.24) is 5.32 Å². The molecule has 0 heterocycles. The molecule has 0 aromatic carbocycles. The van der Waals surface area contributed by atoms with Gasteiger partial charge in [0.2, 0.25) is 5.91 Å². The highest BCUT2D eigenvalue weighted by Gasteiger charge is 2.22. The first-order valence-corrected chi connectivity index (χ1v) is 19.5. The lowest BCUT2D eigenvalue weighted by atomic mass is 10.0. The van der Waals surface area contributed by atoms with Gasteiger partial charge in [0.1, 0.15) is 6.10 Å². The van der Waals surface area contributed by atoms with Crippen molar-refractivity contribution in [2.75, 3.05) is 6.61 Å². The Labute approximate surface area is 274 Å². The molecule has 0 saturated carbocycles. The number of hydrogen-bond donors (Lipinski definition) is 4. The van der Waals surface area contributed by atoms with Gasteiger partial charge in [-0.2, -0.15) is 0 Å². The van der Waals surface area contributed by atoms with E-state index >= 15 is 0 Å². The Morgan fingerprint density at radius 3 is 1.25 bits per heavy atom. The molecule has 0 radical (unpaired) electrons. The van der Waals surface area contributed by atoms with E-state index in [2.05, 4.69) is 19.2 Å². The van der Waals surface area contributed by atoms with E-state index in [1.165, 1.54) is 154 Å². The summed E-state index contributed by atoms with van der Waals surface area (Å²) < 4.78 is 0. The Hall–Kier alpha value is -0.910. The Kier molecular flexibility index (Phi) is 34.2. The molecule has 3 unspecified atom stereocenters. The molecular formula is C39H77NO4. The van der Waals surface area contributed by atoms with Crippen LogP contribution in [0.3, 0.4) is 0 Å². The topological polar surface area (TPSA) is 89.8 Å². The molecule has 5 nitrogen and oxygen atoms in total. The van der Waals surface area contributed by atoms with Gasteiger partial charge in [-0.25, -0.2) is 0 Å². The molecule has 0 bridgehead atoms. The molecule has 3 atom stereocenters. The van der Waals surface area contributed by atoms with Crippen molar-refractivity contribution < 1.29 is 20.1 Å². The van der Waals surface area contributed by atoms with Crippen molar-refractivity contribution in [3.63, 3.8) is 0 Å². The number of carbonyl (C=O) groups excluding carboxylic acids is 1. The van der Waals surface area contributed by atoms with Crippen LogP contribution in [0.25, 0.3) is 0 Å². The molecule has 262 valence electrons. The van der Waals surface area contributed by atoms with Gasteiger partial charge in [0, 0.05) is 0 Å². The predicted octanol–water partition coefficient (Wildman–Crippen LogP) is 10.5. The van der Waals surface area contributed by atoms with E-state index in [4.69, 9.17) is 0 Å². The third-order valence-electron chi connectivity index (χ3n) is 9.13. The maximum Gasteiger partial charge on any atom is 0.249 e. The molecule has 4 N–H and O–H groups in total. The molecule has 0 fully saturated rings. The number of allylic oxidation sites excluding steroid dienone is 1. The highest BCUT2D eigenvalue weighted by molar-refractivity contribution is 5.80. The summed E-state index contributed by atoms with van der Waals surface area (Å²) >= 11 is 0. The molecule has 0 rings (SSSR count). The van der Waals surface area contributed by atoms with Crippen molar-refractivity contribution in [3.8, 4) is 0 Å². The molecule has 0 saturated heterocycles. The van der Waals surface area contributed by atoms with Crippen LogP contribution in [0.15, 0.2) is 12.2 Å². The lowest BCUT2D eigenvalue weighted by Gasteiger charge is -2.21. The fraction of sp³-hybridized carbons (Fsp3) is 0.923. The van der Waals surface area contributed by atoms with Crippen LogP contribution in [-0.2, 0) is 4.79 Å². The van der Waals surface area contributed by atoms with Gasteiger partial charge in [-0.1, -0.05) is 199 Å². The van der Waals surface area contributed by atoms with Crippen molar-refractivity contribution >= 4 is 5.91 Å². The fourth-order valence-electron chi connectivity index (χ4n) is 6.01. The van der Waals surface area contributed by atoms with E-state index < -0.39 is 24.2 Å². The zero-order chi connectivity index (χ0) is 32.4. The van der Waals surface area contributed by atoms with E-state index in [0.29, 0.717) is 6.42 Å². The number of nitrogens with one attached hydrogen (secondary N) is 1. The zero-order valence-electron chi connectivity index (χ0n) is 29.6. The Balaban J connectivity index is 3.60. The summed E-state index contributed by atoms with van der Waals surface area (Å²) in [6.45, 7) is 4.15. The standard InChI is InChI=1S/C39H77NO4/c1-3-5-7-9-11-13-14-15-16-17-18-19-20-21-22-23-24-26-28-30-32-34-38(43)39(44)40-36(35-41)37(42)33-31-29-27-25-12-10-8-6-4-2/h31,33,36-38,41-43H,3-30,32,34-35H2,1-2H3,(H,40,44)/b33-31+. The number of unbranched alkanes of at least 4 members (excludes halogenated alkanes) is 27. The summed E-state index contributed by atoms with van der Waals surface area (Å²) in [4.78, 5) is 12.4. The molecule has 5 heteroatoms. The van der Waals surface area contributed by atoms with Crippen molar-refractivity contribution in [1.29, 1.82) is 0 Å². The quantitative estimate of drug-likeness (QED) is 0.0418. The maximum absolute atomic E-state index is 12.4. The largest absolute Gasteiger partial charge is 0.394 e. The van der Waals surface area contributed by atoms with Crippen LogP contribution in [0.5, 0.6) is 0 Å². The van der Waals surface area contributed by atoms with Gasteiger partial charge in [-0.05, 0) is 19.3 Å². The number of carbonyl (C=O) groups is 1. The van der Waals surface area contributed by atoms with E-state index in [-0.39, 0.29) is 6.61 Å². The summed E-state index contributed by atoms with van der Waals surface area (Å²) in [6.07, 6.45) is 39.6. The average molecular weight is 624 g/mol. The van der Waals surface area contributed by atoms with Gasteiger partial charge >= 0.3 is 0 Å². The highest BCUT2D eigenvalue weighted by Crippen LogP contribution is 2.16. The highest BCUT2D eigenvalue weighted by atomic mass is 16.3. The summed E-state index contributed by atoms with van der Waals surface area (Å²) in [6, 6.07) is -0.790. The minimum Gasteiger partial charge on any atom is -0.394 e. The van der Waals surface area contributed by atoms with E-state index in [1.807, 2.05) is 6.08 Å². The maximum atomic E-state index is 12.4. The van der Waals surface area contributed by atoms with Crippen molar-refractivity contribution in [2.24, 2.45) is 0 Å². The van der Waals surface area contributed by atoms with Gasteiger partial charge < -0.3 is 20.6 Å². The summed E-state index contributed by atoms with van der Waals surface area (Å²) in [5.41, 5.74) is 0. The van der Waals surface area contributed by atoms with Gasteiger partial charge in [0.15, 0.2) is 0 Å². The predicted molar refractivity (Wildman–Crippen MR) is 190 cm³/mol. The molecule has 0 aliphatic rings. The van der Waals surface area contributed by atoms with Crippen LogP contribution in [-0.4, -0.2) is 46.1 Å². The van der Waals surface area contributed by atoms with Gasteiger partial charge in [-0.15, -0.1) is 0 Å². The van der Waals surface area contributed by atoms with Crippen LogP contribution >= 0.6 is 0 Å². The van der Waals surface area contributed by atoms with Crippen LogP contribution in [0.1, 0.15) is 206 Å². The zero-order valence-corrected chi connectivity index (χ0v) is 29.6. The van der Waals surface area contributed by atoms with Gasteiger partial charge in [0.25, 0.3) is 0 Å². The third kappa shape index (κ3) is 29.8. The van der Waals surface area contributed by atoms with Gasteiger partial charge in [0.05, 0.1) is 18.8 Å². The second-order valence-electron chi connectivity index (χ2n) is 13.5. The minimum atomic E-state index is -1.09. The molecule has 0 aliphatic carbocycles. The summed E-state index contributed by atoms with van der Waals surface area (Å²) in [7, 11) is 0. The number of aliphatic hydroxyl groups is 3. The van der Waals surface area contributed by atoms with Crippen LogP contribution in [0, 0.1) is 0 Å². The Bertz CT molecular complexity index is 611. The normalized spacial score (nSPS) is 13.8. The van der Waals surface area contributed by atoms with Crippen LogP contribution in [0.4, 0.5) is 0 Å². The second-order valence-corrected chi connectivity index (χ2v) is 13.5. The Morgan fingerprint density at radius 2 is 0.886 bits per heavy atom. The fourth-order valence-corrected chi connectivity index (χ4v) is 6.01. The monoisotopic (exact) mass is 624 g/mol. The minimum absolute atomic E-state index is 0.360. The van der Waals surface area contributed by atoms with E-state index in [0.717, 1.165) is 32.1 Å². The lowest BCUT2D eigenvalue weighted by molar-refractivity contribution is -0.131. The number of aliphatic hydroxyl groups excluding tert-OH is 3. The summed E-state index contributed by atoms with van der Waals surface area (Å²) in [5.74, 6) is -0.503. The smallest absolute Gasteiger partial charge is 0.249 e. The molecule has 0 aromatic rings. The van der Waals surface area contributed by atoms with Gasteiger partial charge in [-0.3, -0.25) is 4.79 Å². The van der Waals surface area contributed by atoms with Crippen molar-refractivity contribution in [2.45, 2.75) is 225 Å². The molecular weight excluding hydrogens is 546 g/mol. The molecule has 0 spiro atoms. The molecule has 44 heavy (non-hydrogen) atoms. The van der Waals surface area contributed by atoms with E-state index in [1.54, 1.807) is 6.08 Å². The molecule has 1 amide bonds. The number of rotatable bonds is 35. The van der Waals surface area contributed by atoms with Crippen LogP contribution in [0.2, 0.25) is 0 Å². The second kappa shape index (κ2) is 35.0. The summed E-state index contributed by atoms with van der Waals surface area (Å²) in [5, 5.41) is 32.9. The number of hydrogen-bond acceptors (Lipinski definition) is 4. The van der Waals surface area contributed by atoms with E-state index in [9.17, 15) is 20.1 Å². The first-order chi connectivity index (χ1) is 21.6. The van der Waals surface area contributed by atoms with Crippen molar-refractivity contribution in [3.05, 3.63) is 12.2 Å². The van der Waals surface area contributed by atoms with Crippen LogP contribution < -0.4 is 5.32 Å². The number of amides is 1. The molecule has 0 aliphatic heterocycles.